The van der Waals surface area contributed by atoms with Gasteiger partial charge < -0.3 is 10.6 Å². The first-order valence-electron chi connectivity index (χ1n) is 8.72. The van der Waals surface area contributed by atoms with Gasteiger partial charge in [-0.2, -0.15) is 0 Å². The predicted molar refractivity (Wildman–Crippen MR) is 96.1 cm³/mol. The molecular weight excluding hydrogens is 316 g/mol. The van der Waals surface area contributed by atoms with Gasteiger partial charge in [0.1, 0.15) is 5.82 Å². The van der Waals surface area contributed by atoms with Crippen LogP contribution in [0.5, 0.6) is 0 Å². The van der Waals surface area contributed by atoms with Crippen LogP contribution in [-0.2, 0) is 13.0 Å². The molecule has 0 bridgehead atoms. The normalized spacial score (nSPS) is 15.7. The van der Waals surface area contributed by atoms with Gasteiger partial charge in [0.25, 0.3) is 0 Å². The summed E-state index contributed by atoms with van der Waals surface area (Å²) in [5.74, 6) is 0.771. The van der Waals surface area contributed by atoms with Gasteiger partial charge in [0, 0.05) is 44.5 Å². The van der Waals surface area contributed by atoms with Crippen molar-refractivity contribution in [2.24, 2.45) is 0 Å². The molecule has 1 saturated heterocycles. The summed E-state index contributed by atoms with van der Waals surface area (Å²) >= 11 is 0. The Labute approximate surface area is 147 Å². The van der Waals surface area contributed by atoms with E-state index < -0.39 is 0 Å². The first-order valence-corrected chi connectivity index (χ1v) is 8.72. The number of pyridine rings is 1. The zero-order chi connectivity index (χ0) is 17.5. The fraction of sp³-hybridized carbons (Fsp3) is 0.444. The molecule has 7 heteroatoms. The van der Waals surface area contributed by atoms with E-state index in [0.717, 1.165) is 44.7 Å². The molecule has 25 heavy (non-hydrogen) atoms. The molecule has 2 N–H and O–H groups in total. The molecule has 2 aromatic rings. The van der Waals surface area contributed by atoms with Gasteiger partial charge in [-0.3, -0.25) is 9.88 Å². The maximum absolute atomic E-state index is 12.1. The van der Waals surface area contributed by atoms with Crippen molar-refractivity contribution in [3.8, 4) is 0 Å². The molecule has 0 aliphatic carbocycles. The van der Waals surface area contributed by atoms with Gasteiger partial charge in [0.15, 0.2) is 0 Å². The number of urea groups is 1. The Hall–Kier alpha value is -2.54. The number of likely N-dealkylation sites (tertiary alicyclic amines) is 1. The number of hydrogen-bond donors (Lipinski definition) is 2. The first kappa shape index (κ1) is 17.3. The molecule has 0 radical (unpaired) electrons. The first-order chi connectivity index (χ1) is 12.2. The summed E-state index contributed by atoms with van der Waals surface area (Å²) in [7, 11) is 0. The Kier molecular flexibility index (Phi) is 5.90. The van der Waals surface area contributed by atoms with Crippen molar-refractivity contribution in [3.05, 3.63) is 48.3 Å². The third kappa shape index (κ3) is 5.22. The van der Waals surface area contributed by atoms with Crippen molar-refractivity contribution in [3.63, 3.8) is 0 Å². The van der Waals surface area contributed by atoms with E-state index in [0.29, 0.717) is 5.69 Å². The minimum Gasteiger partial charge on any atom is -0.335 e. The van der Waals surface area contributed by atoms with Gasteiger partial charge in [-0.1, -0.05) is 6.92 Å². The topological polar surface area (TPSA) is 83.0 Å². The van der Waals surface area contributed by atoms with Crippen molar-refractivity contribution in [1.82, 2.24) is 25.2 Å². The van der Waals surface area contributed by atoms with Crippen molar-refractivity contribution in [2.75, 3.05) is 18.4 Å². The lowest BCUT2D eigenvalue weighted by molar-refractivity contribution is 0.190. The number of nitrogens with zero attached hydrogens (tertiary/aromatic N) is 4. The van der Waals surface area contributed by atoms with E-state index in [2.05, 4.69) is 30.5 Å². The van der Waals surface area contributed by atoms with Gasteiger partial charge in [0.05, 0.1) is 18.1 Å². The number of amides is 2. The van der Waals surface area contributed by atoms with E-state index in [1.165, 1.54) is 5.56 Å². The Morgan fingerprint density at radius 2 is 1.88 bits per heavy atom. The minimum atomic E-state index is -0.194. The highest BCUT2D eigenvalue weighted by Crippen LogP contribution is 2.14. The van der Waals surface area contributed by atoms with Crippen molar-refractivity contribution >= 4 is 11.7 Å². The third-order valence-corrected chi connectivity index (χ3v) is 4.36. The maximum atomic E-state index is 12.1. The highest BCUT2D eigenvalue weighted by atomic mass is 16.2. The van der Waals surface area contributed by atoms with Crippen LogP contribution in [0.1, 0.15) is 31.2 Å². The lowest BCUT2D eigenvalue weighted by atomic mass is 10.0. The molecule has 0 unspecified atom stereocenters. The van der Waals surface area contributed by atoms with Gasteiger partial charge in [-0.15, -0.1) is 0 Å². The van der Waals surface area contributed by atoms with E-state index in [1.54, 1.807) is 12.4 Å². The largest absolute Gasteiger partial charge is 0.335 e. The SMILES string of the molecule is CCc1ncc(NC(=O)NC2CCN(Cc3ccncc3)CC2)cn1. The van der Waals surface area contributed by atoms with E-state index in [4.69, 9.17) is 0 Å². The maximum Gasteiger partial charge on any atom is 0.319 e. The number of carbonyl (C=O) groups is 1. The van der Waals surface area contributed by atoms with Crippen LogP contribution in [0, 0.1) is 0 Å². The second-order valence-electron chi connectivity index (χ2n) is 6.25. The molecule has 7 nitrogen and oxygen atoms in total. The lowest BCUT2D eigenvalue weighted by Crippen LogP contribution is -2.45. The summed E-state index contributed by atoms with van der Waals surface area (Å²) in [5, 5.41) is 5.83. The van der Waals surface area contributed by atoms with Gasteiger partial charge in [-0.25, -0.2) is 14.8 Å². The smallest absolute Gasteiger partial charge is 0.319 e. The average molecular weight is 340 g/mol. The number of anilines is 1. The molecule has 0 saturated carbocycles. The summed E-state index contributed by atoms with van der Waals surface area (Å²) in [5.41, 5.74) is 1.89. The molecule has 1 aliphatic rings. The molecule has 1 aliphatic heterocycles. The van der Waals surface area contributed by atoms with Crippen molar-refractivity contribution < 1.29 is 4.79 Å². The van der Waals surface area contributed by atoms with Crippen LogP contribution < -0.4 is 10.6 Å². The zero-order valence-electron chi connectivity index (χ0n) is 14.5. The summed E-state index contributed by atoms with van der Waals surface area (Å²) in [6.45, 7) is 4.88. The molecule has 0 spiro atoms. The Morgan fingerprint density at radius 1 is 1.20 bits per heavy atom. The zero-order valence-corrected chi connectivity index (χ0v) is 14.5. The van der Waals surface area contributed by atoms with Crippen LogP contribution in [0.4, 0.5) is 10.5 Å². The molecule has 3 rings (SSSR count). The highest BCUT2D eigenvalue weighted by molar-refractivity contribution is 5.89. The lowest BCUT2D eigenvalue weighted by Gasteiger charge is -2.32. The number of aryl methyl sites for hydroxylation is 1. The Morgan fingerprint density at radius 3 is 2.52 bits per heavy atom. The van der Waals surface area contributed by atoms with Crippen molar-refractivity contribution in [2.45, 2.75) is 38.8 Å². The van der Waals surface area contributed by atoms with Crippen molar-refractivity contribution in [1.29, 1.82) is 0 Å². The van der Waals surface area contributed by atoms with Crippen LogP contribution in [0.2, 0.25) is 0 Å². The second-order valence-corrected chi connectivity index (χ2v) is 6.25. The van der Waals surface area contributed by atoms with E-state index in [-0.39, 0.29) is 12.1 Å². The molecule has 0 aromatic carbocycles. The average Bonchev–Trinajstić information content (AvgIpc) is 2.65. The molecule has 2 aromatic heterocycles. The van der Waals surface area contributed by atoms with Crippen LogP contribution in [0.3, 0.4) is 0 Å². The van der Waals surface area contributed by atoms with Crippen LogP contribution in [0.15, 0.2) is 36.9 Å². The number of carbonyl (C=O) groups excluding carboxylic acids is 1. The van der Waals surface area contributed by atoms with Crippen LogP contribution in [-0.4, -0.2) is 45.0 Å². The number of nitrogens with one attached hydrogen (secondary N) is 2. The monoisotopic (exact) mass is 340 g/mol. The summed E-state index contributed by atoms with van der Waals surface area (Å²) in [6.07, 6.45) is 9.61. The fourth-order valence-corrected chi connectivity index (χ4v) is 2.94. The third-order valence-electron chi connectivity index (χ3n) is 4.36. The molecular formula is C18H24N6O. The fourth-order valence-electron chi connectivity index (χ4n) is 2.94. The number of piperidine rings is 1. The van der Waals surface area contributed by atoms with Crippen LogP contribution in [0.25, 0.3) is 0 Å². The Bertz CT molecular complexity index is 668. The highest BCUT2D eigenvalue weighted by Gasteiger charge is 2.20. The van der Waals surface area contributed by atoms with Gasteiger partial charge in [-0.05, 0) is 30.5 Å². The standard InChI is InChI=1S/C18H24N6O/c1-2-17-20-11-16(12-21-17)23-18(25)22-15-5-9-24(10-6-15)13-14-3-7-19-8-4-14/h3-4,7-8,11-12,15H,2,5-6,9-10,13H2,1H3,(H2,22,23,25). The number of rotatable bonds is 5. The second kappa shape index (κ2) is 8.53. The molecule has 0 atom stereocenters. The van der Waals surface area contributed by atoms with E-state index in [9.17, 15) is 4.79 Å². The Balaban J connectivity index is 1.41. The van der Waals surface area contributed by atoms with Gasteiger partial charge >= 0.3 is 6.03 Å². The quantitative estimate of drug-likeness (QED) is 0.872. The van der Waals surface area contributed by atoms with E-state index >= 15 is 0 Å². The van der Waals surface area contributed by atoms with Crippen LogP contribution >= 0.6 is 0 Å². The molecule has 3 heterocycles. The molecule has 132 valence electrons. The summed E-state index contributed by atoms with van der Waals surface area (Å²) < 4.78 is 0. The predicted octanol–water partition coefficient (Wildman–Crippen LogP) is 2.22. The van der Waals surface area contributed by atoms with Gasteiger partial charge in [0.2, 0.25) is 0 Å². The minimum absolute atomic E-state index is 0.194. The molecule has 2 amide bonds. The summed E-state index contributed by atoms with van der Waals surface area (Å²) in [6, 6.07) is 4.10. The molecule has 1 fully saturated rings. The number of aromatic nitrogens is 3. The summed E-state index contributed by atoms with van der Waals surface area (Å²) in [4.78, 5) is 26.9. The van der Waals surface area contributed by atoms with E-state index in [1.807, 2.05) is 31.5 Å². The number of hydrogen-bond acceptors (Lipinski definition) is 5.